The molecule has 4 rings (SSSR count). The number of aromatic carboxylic acids is 2. The number of carbonyl (C=O) groups excluding carboxylic acids is 1. The number of carboxylic acid groups (broad SMARTS) is 2. The zero-order chi connectivity index (χ0) is 31.1. The third-order valence-corrected chi connectivity index (χ3v) is 6.72. The average molecular weight is 607 g/mol. The molecule has 0 fully saturated rings. The highest BCUT2D eigenvalue weighted by molar-refractivity contribution is 7.99. The lowest BCUT2D eigenvalue weighted by Gasteiger charge is -2.09. The molecule has 0 saturated carbocycles. The quantitative estimate of drug-likeness (QED) is 0.0645. The lowest BCUT2D eigenvalue weighted by molar-refractivity contribution is -0.386. The zero-order valence-electron chi connectivity index (χ0n) is 21.6. The Hall–Kier alpha value is -5.80. The van der Waals surface area contributed by atoms with Crippen LogP contribution in [-0.2, 0) is 11.5 Å². The predicted octanol–water partition coefficient (Wildman–Crippen LogP) is 5.78. The standard InChI is InChI=1S/C28H18N2O12S/c31-26(32)20-3-1-5-23(29(36)37)22(20)15-40-42-17-9-13-19(14-10-17)43-18-11-7-16(8-12-18)41-28(35)25-21(27(33)34)4-2-6-24(25)30(38)39/h1-14H,15H2,(H,31,32)(H,33,34). The summed E-state index contributed by atoms with van der Waals surface area (Å²) in [5.41, 5.74) is -2.77. The van der Waals surface area contributed by atoms with Crippen molar-refractivity contribution in [2.45, 2.75) is 16.4 Å². The van der Waals surface area contributed by atoms with E-state index < -0.39 is 56.9 Å². The van der Waals surface area contributed by atoms with Gasteiger partial charge >= 0.3 is 17.9 Å². The van der Waals surface area contributed by atoms with Crippen molar-refractivity contribution >= 4 is 41.0 Å². The number of hydrogen-bond donors (Lipinski definition) is 2. The van der Waals surface area contributed by atoms with Crippen molar-refractivity contribution in [2.24, 2.45) is 0 Å². The Balaban J connectivity index is 1.37. The van der Waals surface area contributed by atoms with Gasteiger partial charge in [0.15, 0.2) is 11.3 Å². The second-order valence-corrected chi connectivity index (χ2v) is 9.55. The minimum absolute atomic E-state index is 0.0365. The number of nitro groups is 2. The molecule has 0 radical (unpaired) electrons. The molecule has 0 aliphatic rings. The Labute approximate surface area is 245 Å². The number of carbonyl (C=O) groups is 3. The maximum absolute atomic E-state index is 12.6. The van der Waals surface area contributed by atoms with E-state index in [0.717, 1.165) is 34.1 Å². The summed E-state index contributed by atoms with van der Waals surface area (Å²) in [5, 5.41) is 41.2. The summed E-state index contributed by atoms with van der Waals surface area (Å²) in [6.07, 6.45) is 0. The van der Waals surface area contributed by atoms with Crippen LogP contribution in [-0.4, -0.2) is 38.0 Å². The van der Waals surface area contributed by atoms with Gasteiger partial charge in [0.25, 0.3) is 11.4 Å². The lowest BCUT2D eigenvalue weighted by Crippen LogP contribution is -2.16. The van der Waals surface area contributed by atoms with E-state index >= 15 is 0 Å². The van der Waals surface area contributed by atoms with Gasteiger partial charge in [-0.05, 0) is 60.7 Å². The largest absolute Gasteiger partial charge is 0.478 e. The zero-order valence-corrected chi connectivity index (χ0v) is 22.4. The Morgan fingerprint density at radius 2 is 1.21 bits per heavy atom. The molecule has 4 aromatic rings. The number of ether oxygens (including phenoxy) is 1. The molecule has 0 saturated heterocycles. The number of nitro benzene ring substituents is 2. The average Bonchev–Trinajstić information content (AvgIpc) is 2.98. The van der Waals surface area contributed by atoms with Crippen molar-refractivity contribution in [2.75, 3.05) is 0 Å². The van der Waals surface area contributed by atoms with E-state index in [0.29, 0.717) is 0 Å². The van der Waals surface area contributed by atoms with E-state index in [1.54, 1.807) is 36.4 Å². The summed E-state index contributed by atoms with van der Waals surface area (Å²) in [6, 6.07) is 19.5. The molecule has 0 unspecified atom stereocenters. The van der Waals surface area contributed by atoms with Gasteiger partial charge in [0.05, 0.1) is 26.5 Å². The number of hydrogen-bond acceptors (Lipinski definition) is 11. The van der Waals surface area contributed by atoms with Crippen LogP contribution in [0.25, 0.3) is 0 Å². The van der Waals surface area contributed by atoms with Crippen molar-refractivity contribution in [3.63, 3.8) is 0 Å². The number of nitrogens with zero attached hydrogens (tertiary/aromatic N) is 2. The molecule has 0 aliphatic heterocycles. The number of rotatable bonds is 12. The van der Waals surface area contributed by atoms with E-state index in [1.807, 2.05) is 0 Å². The molecule has 14 nitrogen and oxygen atoms in total. The number of esters is 1. The minimum atomic E-state index is -1.52. The van der Waals surface area contributed by atoms with Crippen LogP contribution in [0.5, 0.6) is 11.5 Å². The first-order valence-electron chi connectivity index (χ1n) is 11.9. The van der Waals surface area contributed by atoms with Gasteiger partial charge in [-0.25, -0.2) is 14.4 Å². The van der Waals surface area contributed by atoms with E-state index in [2.05, 4.69) is 0 Å². The molecule has 2 N–H and O–H groups in total. The fourth-order valence-corrected chi connectivity index (χ4v) is 4.59. The van der Waals surface area contributed by atoms with Gasteiger partial charge in [-0.3, -0.25) is 20.2 Å². The van der Waals surface area contributed by atoms with Gasteiger partial charge in [0.2, 0.25) is 0 Å². The van der Waals surface area contributed by atoms with Crippen LogP contribution < -0.4 is 9.62 Å². The highest BCUT2D eigenvalue weighted by Crippen LogP contribution is 2.31. The predicted molar refractivity (Wildman–Crippen MR) is 147 cm³/mol. The van der Waals surface area contributed by atoms with Crippen molar-refractivity contribution in [3.05, 3.63) is 127 Å². The molecule has 218 valence electrons. The fourth-order valence-electron chi connectivity index (χ4n) is 3.77. The van der Waals surface area contributed by atoms with Gasteiger partial charge in [0.1, 0.15) is 12.4 Å². The SMILES string of the molecule is O=C(O)c1cccc([N+](=O)[O-])c1COOc1ccc(Sc2ccc(OC(=O)c3c(C(=O)O)cccc3[N+](=O)[O-])cc2)cc1. The highest BCUT2D eigenvalue weighted by atomic mass is 32.2. The normalized spacial score (nSPS) is 10.5. The number of benzene rings is 4. The topological polar surface area (TPSA) is 206 Å². The second kappa shape index (κ2) is 13.2. The maximum atomic E-state index is 12.6. The molecule has 0 spiro atoms. The second-order valence-electron chi connectivity index (χ2n) is 8.41. The van der Waals surface area contributed by atoms with Crippen molar-refractivity contribution in [1.82, 2.24) is 0 Å². The first kappa shape index (κ1) is 30.2. The van der Waals surface area contributed by atoms with E-state index in [9.17, 15) is 44.8 Å². The van der Waals surface area contributed by atoms with Gasteiger partial charge in [0, 0.05) is 21.9 Å². The van der Waals surface area contributed by atoms with Crippen LogP contribution in [0.15, 0.2) is 94.7 Å². The Morgan fingerprint density at radius 1 is 0.698 bits per heavy atom. The van der Waals surface area contributed by atoms with Crippen molar-refractivity contribution < 1.29 is 49.0 Å². The van der Waals surface area contributed by atoms with Crippen LogP contribution in [0.2, 0.25) is 0 Å². The molecular weight excluding hydrogens is 588 g/mol. The first-order chi connectivity index (χ1) is 20.5. The Bertz CT molecular complexity index is 1660. The molecule has 0 aliphatic carbocycles. The lowest BCUT2D eigenvalue weighted by atomic mass is 10.1. The summed E-state index contributed by atoms with van der Waals surface area (Å²) in [5.74, 6) is -3.77. The van der Waals surface area contributed by atoms with Crippen LogP contribution in [0.4, 0.5) is 11.4 Å². The third kappa shape index (κ3) is 7.29. The Kier molecular flexibility index (Phi) is 9.29. The van der Waals surface area contributed by atoms with Crippen LogP contribution in [0.3, 0.4) is 0 Å². The molecule has 0 aromatic heterocycles. The van der Waals surface area contributed by atoms with Crippen molar-refractivity contribution in [3.8, 4) is 11.5 Å². The summed E-state index contributed by atoms with van der Waals surface area (Å²) in [6.45, 7) is -0.485. The van der Waals surface area contributed by atoms with Gasteiger partial charge in [-0.2, -0.15) is 4.89 Å². The molecular formula is C28H18N2O12S. The molecule has 4 aromatic carbocycles. The highest BCUT2D eigenvalue weighted by Gasteiger charge is 2.29. The summed E-state index contributed by atoms with van der Waals surface area (Å²) < 4.78 is 5.20. The number of carboxylic acids is 2. The summed E-state index contributed by atoms with van der Waals surface area (Å²) in [7, 11) is 0. The molecule has 43 heavy (non-hydrogen) atoms. The Morgan fingerprint density at radius 3 is 1.74 bits per heavy atom. The van der Waals surface area contributed by atoms with Crippen LogP contribution >= 0.6 is 11.8 Å². The van der Waals surface area contributed by atoms with Gasteiger partial charge in [-0.1, -0.05) is 23.9 Å². The summed E-state index contributed by atoms with van der Waals surface area (Å²) in [4.78, 5) is 68.3. The van der Waals surface area contributed by atoms with Crippen molar-refractivity contribution in [1.29, 1.82) is 0 Å². The van der Waals surface area contributed by atoms with Crippen LogP contribution in [0, 0.1) is 20.2 Å². The molecule has 15 heteroatoms. The van der Waals surface area contributed by atoms with E-state index in [-0.39, 0.29) is 22.6 Å². The third-order valence-electron chi connectivity index (χ3n) is 5.70. The smallest absolute Gasteiger partial charge is 0.351 e. The van der Waals surface area contributed by atoms with Gasteiger partial charge < -0.3 is 19.8 Å². The molecule has 0 heterocycles. The minimum Gasteiger partial charge on any atom is -0.478 e. The van der Waals surface area contributed by atoms with E-state index in [4.69, 9.17) is 14.5 Å². The first-order valence-corrected chi connectivity index (χ1v) is 12.8. The van der Waals surface area contributed by atoms with Crippen LogP contribution in [0.1, 0.15) is 36.6 Å². The monoisotopic (exact) mass is 606 g/mol. The fraction of sp³-hybridized carbons (Fsp3) is 0.0357. The van der Waals surface area contributed by atoms with E-state index in [1.165, 1.54) is 36.0 Å². The molecule has 0 atom stereocenters. The van der Waals surface area contributed by atoms with Gasteiger partial charge in [-0.15, -0.1) is 0 Å². The maximum Gasteiger partial charge on any atom is 0.351 e. The molecule has 0 amide bonds. The summed E-state index contributed by atoms with van der Waals surface area (Å²) >= 11 is 1.32. The molecule has 0 bridgehead atoms.